The van der Waals surface area contributed by atoms with E-state index in [2.05, 4.69) is 35.7 Å². The second-order valence-electron chi connectivity index (χ2n) is 18.5. The predicted octanol–water partition coefficient (Wildman–Crippen LogP) is 8.23. The lowest BCUT2D eigenvalue weighted by Gasteiger charge is -2.32. The van der Waals surface area contributed by atoms with Gasteiger partial charge in [0.05, 0.1) is 52.1 Å². The lowest BCUT2D eigenvalue weighted by atomic mass is 9.91. The monoisotopic (exact) mass is 932 g/mol. The first-order valence-electron chi connectivity index (χ1n) is 23.9. The normalized spacial score (nSPS) is 17.9. The van der Waals surface area contributed by atoms with E-state index in [1.54, 1.807) is 29.5 Å². The van der Waals surface area contributed by atoms with Crippen LogP contribution in [0.1, 0.15) is 120 Å². The number of β-amino-alcohol motifs (C(OH)–C–C–N with tert-alkyl or cyclic N) is 1. The molecule has 8 rings (SSSR count). The molecule has 4 atom stereocenters. The number of carbonyl (C=O) groups is 2. The number of rotatable bonds is 20. The van der Waals surface area contributed by atoms with Gasteiger partial charge in [0.2, 0.25) is 11.8 Å². The van der Waals surface area contributed by atoms with Crippen LogP contribution < -0.4 is 15.8 Å². The van der Waals surface area contributed by atoms with Gasteiger partial charge in [-0.05, 0) is 86.5 Å². The number of amides is 2. The summed E-state index contributed by atoms with van der Waals surface area (Å²) in [5.74, 6) is -0.162. The number of hydrogen-bond donors (Lipinski definition) is 4. The maximum atomic E-state index is 14.1. The number of hydrogen-bond acceptors (Lipinski definition) is 14. The molecule has 67 heavy (non-hydrogen) atoms. The van der Waals surface area contributed by atoms with Crippen LogP contribution in [-0.4, -0.2) is 107 Å². The number of nitrogens with two attached hydrogens (primary N) is 1. The molecule has 2 aromatic carbocycles. The number of ether oxygens (including phenoxy) is 1. The zero-order valence-corrected chi connectivity index (χ0v) is 39.8. The average Bonchev–Trinajstić information content (AvgIpc) is 4.14. The Balaban J connectivity index is 0.718. The van der Waals surface area contributed by atoms with Crippen molar-refractivity contribution in [2.24, 2.45) is 5.92 Å². The Morgan fingerprint density at radius 3 is 2.42 bits per heavy atom. The molecule has 0 radical (unpaired) electrons. The third kappa shape index (κ3) is 11.3. The van der Waals surface area contributed by atoms with Crippen LogP contribution in [0.3, 0.4) is 0 Å². The topological polar surface area (TPSA) is 211 Å². The molecule has 2 amide bonds. The Labute approximate surface area is 395 Å². The van der Waals surface area contributed by atoms with Crippen LogP contribution in [0.5, 0.6) is 11.6 Å². The number of unbranched alkanes of at least 4 members (excludes halogenated alkanes) is 6. The van der Waals surface area contributed by atoms with Crippen molar-refractivity contribution in [3.05, 3.63) is 83.2 Å². The van der Waals surface area contributed by atoms with Crippen molar-refractivity contribution in [3.8, 4) is 33.3 Å². The highest BCUT2D eigenvalue weighted by molar-refractivity contribution is 7.13. The highest BCUT2D eigenvalue weighted by atomic mass is 32.1. The standard InChI is InChI=1S/C50H64N10O6S/c1-31(2)45(50(64)59-29-37(61)26-41(59)49(63)53-32(3)34-16-18-35(19-17-34)47-33(4)52-30-67-47)43-28-44(57-66-43)65-25-13-9-7-5-6-8-12-22-58-23-20-36(21-24-58)60-40-27-39(38-14-10-11-15-42(38)62)54-55-46(40)48(51)56-60/h10-11,14-19,27-28,30-32,36-37,41,45,61-62H,5-9,12-13,20-26,29H2,1-4H3,(H2,51,56)(H,53,63)/t32?,37-,41+,45?/m1/s1. The number of aromatic hydroxyl groups is 1. The number of aryl methyl sites for hydroxylation is 1. The third-order valence-electron chi connectivity index (χ3n) is 13.3. The maximum absolute atomic E-state index is 14.1. The van der Waals surface area contributed by atoms with E-state index in [4.69, 9.17) is 15.0 Å². The van der Waals surface area contributed by atoms with E-state index in [1.165, 1.54) is 30.6 Å². The SMILES string of the molecule is Cc1ncsc1-c1ccc(C(C)NC(=O)[C@@H]2C[C@@H](O)CN2C(=O)C(c2cc(OCCCCCCCCCN3CCC(n4nc(N)c5nnc(-c6ccccc6O)cc54)CC3)no2)C(C)C)cc1. The van der Waals surface area contributed by atoms with Gasteiger partial charge in [0.15, 0.2) is 17.1 Å². The van der Waals surface area contributed by atoms with E-state index < -0.39 is 18.1 Å². The Morgan fingerprint density at radius 2 is 1.70 bits per heavy atom. The first-order chi connectivity index (χ1) is 32.4. The number of piperidine rings is 1. The zero-order chi connectivity index (χ0) is 47.0. The van der Waals surface area contributed by atoms with Crippen LogP contribution in [-0.2, 0) is 9.59 Å². The van der Waals surface area contributed by atoms with Gasteiger partial charge in [-0.2, -0.15) is 5.10 Å². The number of nitrogens with one attached hydrogen (secondary N) is 1. The van der Waals surface area contributed by atoms with Gasteiger partial charge in [-0.25, -0.2) is 4.98 Å². The molecule has 2 aliphatic rings. The number of fused-ring (bicyclic) bond motifs is 1. The molecule has 0 aliphatic carbocycles. The number of likely N-dealkylation sites (tertiary alicyclic amines) is 2. The van der Waals surface area contributed by atoms with Crippen LogP contribution in [0.15, 0.2) is 70.7 Å². The Bertz CT molecular complexity index is 2580. The van der Waals surface area contributed by atoms with Crippen molar-refractivity contribution < 1.29 is 29.1 Å². The maximum Gasteiger partial charge on any atom is 0.254 e. The summed E-state index contributed by atoms with van der Waals surface area (Å²) in [5.41, 5.74) is 13.7. The minimum atomic E-state index is -0.811. The molecule has 17 heteroatoms. The number of thiazole rings is 1. The number of phenolic OH excluding ortho intramolecular Hbond substituents is 1. The van der Waals surface area contributed by atoms with Crippen molar-refractivity contribution in [3.63, 3.8) is 0 Å². The molecular weight excluding hydrogens is 869 g/mol. The van der Waals surface area contributed by atoms with Gasteiger partial charge in [0.1, 0.15) is 17.7 Å². The Morgan fingerprint density at radius 1 is 0.970 bits per heavy atom. The van der Waals surface area contributed by atoms with Crippen LogP contribution in [0.4, 0.5) is 5.82 Å². The van der Waals surface area contributed by atoms with Crippen LogP contribution >= 0.6 is 11.3 Å². The molecule has 0 bridgehead atoms. The van der Waals surface area contributed by atoms with Crippen molar-refractivity contribution in [2.75, 3.05) is 38.5 Å². The molecule has 356 valence electrons. The summed E-state index contributed by atoms with van der Waals surface area (Å²) in [6.07, 6.45) is 9.14. The van der Waals surface area contributed by atoms with E-state index in [1.807, 2.05) is 80.4 Å². The summed E-state index contributed by atoms with van der Waals surface area (Å²) >= 11 is 1.59. The minimum Gasteiger partial charge on any atom is -0.507 e. The summed E-state index contributed by atoms with van der Waals surface area (Å²) in [4.78, 5) is 37.3. The number of aromatic nitrogens is 6. The number of anilines is 1. The lowest BCUT2D eigenvalue weighted by Crippen LogP contribution is -2.48. The van der Waals surface area contributed by atoms with Crippen molar-refractivity contribution in [1.29, 1.82) is 0 Å². The zero-order valence-electron chi connectivity index (χ0n) is 39.0. The first kappa shape index (κ1) is 47.6. The second-order valence-corrected chi connectivity index (χ2v) is 19.4. The third-order valence-corrected chi connectivity index (χ3v) is 14.3. The molecule has 2 saturated heterocycles. The number of benzene rings is 2. The highest BCUT2D eigenvalue weighted by Gasteiger charge is 2.43. The van der Waals surface area contributed by atoms with E-state index in [-0.39, 0.29) is 48.5 Å². The number of phenols is 1. The van der Waals surface area contributed by atoms with Crippen molar-refractivity contribution in [2.45, 2.75) is 122 Å². The van der Waals surface area contributed by atoms with Crippen LogP contribution in [0.25, 0.3) is 32.7 Å². The fourth-order valence-corrected chi connectivity index (χ4v) is 10.4. The van der Waals surface area contributed by atoms with Gasteiger partial charge in [0.25, 0.3) is 5.88 Å². The second kappa shape index (κ2) is 21.8. The number of aliphatic hydroxyl groups excluding tert-OH is 1. The Hall–Kier alpha value is -5.91. The summed E-state index contributed by atoms with van der Waals surface area (Å²) in [5, 5.41) is 41.6. The number of aliphatic hydroxyl groups is 1. The molecule has 0 saturated carbocycles. The molecule has 4 aromatic heterocycles. The molecule has 0 spiro atoms. The molecular formula is C50H64N10O6S. The van der Waals surface area contributed by atoms with Crippen LogP contribution in [0.2, 0.25) is 0 Å². The van der Waals surface area contributed by atoms with Gasteiger partial charge < -0.3 is 40.3 Å². The summed E-state index contributed by atoms with van der Waals surface area (Å²) in [7, 11) is 0. The average molecular weight is 933 g/mol. The number of para-hydroxylation sites is 1. The molecule has 2 unspecified atom stereocenters. The fourth-order valence-electron chi connectivity index (χ4n) is 9.54. The van der Waals surface area contributed by atoms with Crippen molar-refractivity contribution in [1.82, 2.24) is 45.2 Å². The Kier molecular flexibility index (Phi) is 15.5. The predicted molar refractivity (Wildman–Crippen MR) is 258 cm³/mol. The molecule has 16 nitrogen and oxygen atoms in total. The molecule has 6 heterocycles. The largest absolute Gasteiger partial charge is 0.507 e. The summed E-state index contributed by atoms with van der Waals surface area (Å²) in [6, 6.07) is 17.9. The highest BCUT2D eigenvalue weighted by Crippen LogP contribution is 2.35. The van der Waals surface area contributed by atoms with E-state index >= 15 is 0 Å². The quantitative estimate of drug-likeness (QED) is 0.0533. The molecule has 5 N–H and O–H groups in total. The summed E-state index contributed by atoms with van der Waals surface area (Å²) in [6.45, 7) is 11.4. The number of nitrogens with zero attached hydrogens (tertiary/aromatic N) is 8. The molecule has 2 fully saturated rings. The van der Waals surface area contributed by atoms with E-state index in [9.17, 15) is 19.8 Å². The van der Waals surface area contributed by atoms with Gasteiger partial charge in [0, 0.05) is 37.7 Å². The van der Waals surface area contributed by atoms with Crippen LogP contribution in [0, 0.1) is 12.8 Å². The van der Waals surface area contributed by atoms with E-state index in [0.29, 0.717) is 40.8 Å². The van der Waals surface area contributed by atoms with Gasteiger partial charge >= 0.3 is 0 Å². The number of carbonyl (C=O) groups excluding carboxylic acids is 2. The van der Waals surface area contributed by atoms with E-state index in [0.717, 1.165) is 79.0 Å². The smallest absolute Gasteiger partial charge is 0.254 e. The molecule has 2 aliphatic heterocycles. The van der Waals surface area contributed by atoms with Gasteiger partial charge in [-0.1, -0.05) is 82.3 Å². The fraction of sp³-hybridized carbons (Fsp3) is 0.500. The van der Waals surface area contributed by atoms with Gasteiger partial charge in [-0.3, -0.25) is 14.3 Å². The minimum absolute atomic E-state index is 0.0677. The summed E-state index contributed by atoms with van der Waals surface area (Å²) < 4.78 is 13.6. The lowest BCUT2D eigenvalue weighted by molar-refractivity contribution is -0.141. The van der Waals surface area contributed by atoms with Crippen molar-refractivity contribution >= 4 is 40.0 Å². The first-order valence-corrected chi connectivity index (χ1v) is 24.7. The molecule has 6 aromatic rings. The van der Waals surface area contributed by atoms with Gasteiger partial charge in [-0.15, -0.1) is 21.5 Å². The number of nitrogen functional groups attached to an aromatic ring is 1.